The number of alkyl halides is 3. The number of para-hydroxylation sites is 1. The molecule has 0 unspecified atom stereocenters. The van der Waals surface area contributed by atoms with Crippen molar-refractivity contribution >= 4 is 11.8 Å². The Morgan fingerprint density at radius 1 is 1.25 bits per heavy atom. The molecule has 0 aliphatic carbocycles. The fraction of sp³-hybridized carbons (Fsp3) is 0.500. The number of rotatable bonds is 7. The summed E-state index contributed by atoms with van der Waals surface area (Å²) in [5.41, 5.74) is 0.530. The summed E-state index contributed by atoms with van der Waals surface area (Å²) in [5.74, 6) is -1.00. The maximum absolute atomic E-state index is 12.3. The van der Waals surface area contributed by atoms with Gasteiger partial charge in [0.15, 0.2) is 6.61 Å². The molecule has 0 spiro atoms. The highest BCUT2D eigenvalue weighted by molar-refractivity contribution is 5.78. The summed E-state index contributed by atoms with van der Waals surface area (Å²) in [4.78, 5) is 24.5. The summed E-state index contributed by atoms with van der Waals surface area (Å²) < 4.78 is 42.4. The smallest absolute Gasteiger partial charge is 0.397 e. The highest BCUT2D eigenvalue weighted by Gasteiger charge is 2.32. The van der Waals surface area contributed by atoms with E-state index >= 15 is 0 Å². The summed E-state index contributed by atoms with van der Waals surface area (Å²) in [6.07, 6.45) is -5.71. The van der Waals surface area contributed by atoms with E-state index in [2.05, 4.69) is 5.32 Å². The number of hydrogen-bond donors (Lipinski definition) is 1. The zero-order chi connectivity index (χ0) is 18.3. The summed E-state index contributed by atoms with van der Waals surface area (Å²) >= 11 is 0. The third-order valence-corrected chi connectivity index (χ3v) is 3.25. The van der Waals surface area contributed by atoms with Gasteiger partial charge in [-0.25, -0.2) is 0 Å². The second-order valence-electron chi connectivity index (χ2n) is 5.43. The van der Waals surface area contributed by atoms with E-state index < -0.39 is 24.5 Å². The first-order valence-electron chi connectivity index (χ1n) is 7.42. The molecule has 0 fully saturated rings. The van der Waals surface area contributed by atoms with Gasteiger partial charge < -0.3 is 15.0 Å². The van der Waals surface area contributed by atoms with E-state index in [4.69, 9.17) is 4.74 Å². The topological polar surface area (TPSA) is 58.6 Å². The number of nitrogens with zero attached hydrogens (tertiary/aromatic N) is 1. The minimum atomic E-state index is -4.56. The molecule has 0 aliphatic rings. The van der Waals surface area contributed by atoms with Gasteiger partial charge in [0.05, 0.1) is 6.04 Å². The molecule has 1 aromatic carbocycles. The van der Waals surface area contributed by atoms with E-state index in [1.807, 2.05) is 0 Å². The number of ether oxygens (including phenoxy) is 1. The molecule has 0 bridgehead atoms. The van der Waals surface area contributed by atoms with Crippen LogP contribution in [0.1, 0.15) is 31.4 Å². The fourth-order valence-electron chi connectivity index (χ4n) is 2.00. The molecule has 0 aliphatic heterocycles. The second kappa shape index (κ2) is 8.56. The van der Waals surface area contributed by atoms with Crippen LogP contribution in [0.2, 0.25) is 0 Å². The second-order valence-corrected chi connectivity index (χ2v) is 5.43. The van der Waals surface area contributed by atoms with Crippen LogP contribution in [0.4, 0.5) is 13.2 Å². The maximum atomic E-state index is 12.3. The van der Waals surface area contributed by atoms with Crippen molar-refractivity contribution in [3.8, 4) is 5.75 Å². The largest absolute Gasteiger partial charge is 0.483 e. The number of amides is 2. The molecule has 1 rings (SSSR count). The van der Waals surface area contributed by atoms with Crippen molar-refractivity contribution < 1.29 is 27.5 Å². The molecule has 0 aromatic heterocycles. The normalized spacial score (nSPS) is 12.4. The first-order valence-corrected chi connectivity index (χ1v) is 7.42. The van der Waals surface area contributed by atoms with Crippen molar-refractivity contribution in [2.75, 3.05) is 20.7 Å². The molecule has 0 saturated carbocycles. The minimum absolute atomic E-state index is 0.197. The summed E-state index contributed by atoms with van der Waals surface area (Å²) in [7, 11) is 3.17. The number of halogens is 3. The Morgan fingerprint density at radius 2 is 1.88 bits per heavy atom. The number of carbonyl (C=O) groups excluding carboxylic acids is 2. The van der Waals surface area contributed by atoms with Crippen molar-refractivity contribution in [1.82, 2.24) is 10.2 Å². The Kier molecular flexibility index (Phi) is 7.06. The van der Waals surface area contributed by atoms with Gasteiger partial charge in [-0.05, 0) is 12.5 Å². The number of hydrogen-bond acceptors (Lipinski definition) is 3. The summed E-state index contributed by atoms with van der Waals surface area (Å²) in [6.45, 7) is 1.54. The predicted octanol–water partition coefficient (Wildman–Crippen LogP) is 2.67. The van der Waals surface area contributed by atoms with Crippen LogP contribution < -0.4 is 10.1 Å². The molecule has 0 saturated heterocycles. The van der Waals surface area contributed by atoms with Crippen molar-refractivity contribution in [3.05, 3.63) is 29.8 Å². The van der Waals surface area contributed by atoms with E-state index in [0.29, 0.717) is 17.7 Å². The highest BCUT2D eigenvalue weighted by Crippen LogP contribution is 2.28. The molecule has 0 heterocycles. The van der Waals surface area contributed by atoms with Gasteiger partial charge in [0.25, 0.3) is 5.91 Å². The van der Waals surface area contributed by atoms with Crippen LogP contribution >= 0.6 is 0 Å². The molecule has 1 aromatic rings. The van der Waals surface area contributed by atoms with Gasteiger partial charge in [0.1, 0.15) is 12.2 Å². The maximum Gasteiger partial charge on any atom is 0.397 e. The van der Waals surface area contributed by atoms with Crippen LogP contribution in [0.5, 0.6) is 5.75 Å². The number of benzene rings is 1. The lowest BCUT2D eigenvalue weighted by atomic mass is 10.0. The molecule has 8 heteroatoms. The lowest BCUT2D eigenvalue weighted by molar-refractivity contribution is -0.154. The molecule has 1 atom stereocenters. The van der Waals surface area contributed by atoms with Crippen molar-refractivity contribution in [2.24, 2.45) is 0 Å². The van der Waals surface area contributed by atoms with Crippen molar-refractivity contribution in [3.63, 3.8) is 0 Å². The van der Waals surface area contributed by atoms with Gasteiger partial charge in [-0.3, -0.25) is 9.59 Å². The van der Waals surface area contributed by atoms with Crippen LogP contribution in [-0.2, 0) is 9.59 Å². The molecule has 134 valence electrons. The monoisotopic (exact) mass is 346 g/mol. The summed E-state index contributed by atoms with van der Waals surface area (Å²) in [6, 6.07) is 6.00. The first kappa shape index (κ1) is 19.8. The Labute approximate surface area is 138 Å². The van der Waals surface area contributed by atoms with Gasteiger partial charge in [0, 0.05) is 19.7 Å². The van der Waals surface area contributed by atoms with E-state index in [9.17, 15) is 22.8 Å². The Hall–Kier alpha value is -2.25. The van der Waals surface area contributed by atoms with Crippen molar-refractivity contribution in [2.45, 2.75) is 32.0 Å². The lowest BCUT2D eigenvalue weighted by Crippen LogP contribution is -2.32. The predicted molar refractivity (Wildman–Crippen MR) is 82.5 cm³/mol. The molecule has 24 heavy (non-hydrogen) atoms. The fourth-order valence-corrected chi connectivity index (χ4v) is 2.00. The van der Waals surface area contributed by atoms with Crippen LogP contribution in [-0.4, -0.2) is 43.6 Å². The Balaban J connectivity index is 2.85. The SMILES string of the molecule is CC[C@H](NC(=O)CC(F)(F)F)c1ccccc1OCC(=O)N(C)C. The van der Waals surface area contributed by atoms with E-state index in [1.54, 1.807) is 45.3 Å². The van der Waals surface area contributed by atoms with Crippen LogP contribution in [0.3, 0.4) is 0 Å². The highest BCUT2D eigenvalue weighted by atomic mass is 19.4. The number of likely N-dealkylation sites (N-methyl/N-ethyl adjacent to an activating group) is 1. The zero-order valence-corrected chi connectivity index (χ0v) is 13.8. The lowest BCUT2D eigenvalue weighted by Gasteiger charge is -2.21. The minimum Gasteiger partial charge on any atom is -0.483 e. The molecule has 0 radical (unpaired) electrons. The Morgan fingerprint density at radius 3 is 2.42 bits per heavy atom. The van der Waals surface area contributed by atoms with Crippen LogP contribution in [0.25, 0.3) is 0 Å². The zero-order valence-electron chi connectivity index (χ0n) is 13.8. The van der Waals surface area contributed by atoms with Gasteiger partial charge >= 0.3 is 6.18 Å². The van der Waals surface area contributed by atoms with Crippen LogP contribution in [0, 0.1) is 0 Å². The quantitative estimate of drug-likeness (QED) is 0.826. The average molecular weight is 346 g/mol. The van der Waals surface area contributed by atoms with E-state index in [1.165, 1.54) is 4.90 Å². The average Bonchev–Trinajstić information content (AvgIpc) is 2.48. The third-order valence-electron chi connectivity index (χ3n) is 3.25. The molecular weight excluding hydrogens is 325 g/mol. The number of nitrogens with one attached hydrogen (secondary N) is 1. The van der Waals surface area contributed by atoms with Crippen LogP contribution in [0.15, 0.2) is 24.3 Å². The Bertz CT molecular complexity index is 574. The standard InChI is InChI=1S/C16H21F3N2O3/c1-4-12(20-14(22)9-16(17,18)19)11-7-5-6-8-13(11)24-10-15(23)21(2)3/h5-8,12H,4,9-10H2,1-3H3,(H,20,22)/t12-/m0/s1. The molecule has 1 N–H and O–H groups in total. The third kappa shape index (κ3) is 6.47. The van der Waals surface area contributed by atoms with Gasteiger partial charge in [-0.15, -0.1) is 0 Å². The summed E-state index contributed by atoms with van der Waals surface area (Å²) in [5, 5.41) is 2.36. The molecule has 2 amide bonds. The first-order chi connectivity index (χ1) is 11.1. The van der Waals surface area contributed by atoms with Gasteiger partial charge in [-0.2, -0.15) is 13.2 Å². The van der Waals surface area contributed by atoms with Crippen molar-refractivity contribution in [1.29, 1.82) is 0 Å². The van der Waals surface area contributed by atoms with E-state index in [-0.39, 0.29) is 12.5 Å². The number of carbonyl (C=O) groups is 2. The van der Waals surface area contributed by atoms with Gasteiger partial charge in [-0.1, -0.05) is 25.1 Å². The van der Waals surface area contributed by atoms with E-state index in [0.717, 1.165) is 0 Å². The molecule has 5 nitrogen and oxygen atoms in total. The van der Waals surface area contributed by atoms with Gasteiger partial charge in [0.2, 0.25) is 5.91 Å². The molecular formula is C16H21F3N2O3.